The number of carbonyl (C=O) groups is 1. The number of hydrogen-bond donors (Lipinski definition) is 2. The number of amides is 1. The number of rotatable bonds is 9. The Bertz CT molecular complexity index is 403. The number of unbranched alkanes of at least 4 members (excludes halogenated alkanes) is 1. The maximum absolute atomic E-state index is 11.7. The van der Waals surface area contributed by atoms with Crippen molar-refractivity contribution in [1.29, 1.82) is 0 Å². The highest BCUT2D eigenvalue weighted by Crippen LogP contribution is 1.97. The highest BCUT2D eigenvalue weighted by Gasteiger charge is 2.05. The lowest BCUT2D eigenvalue weighted by Gasteiger charge is -2.20. The van der Waals surface area contributed by atoms with Gasteiger partial charge in [-0.3, -0.25) is 4.79 Å². The largest absolute Gasteiger partial charge is 0.354 e. The summed E-state index contributed by atoms with van der Waals surface area (Å²) in [5, 5.41) is 10.6. The molecule has 0 fully saturated rings. The lowest BCUT2D eigenvalue weighted by atomic mass is 10.2. The van der Waals surface area contributed by atoms with E-state index in [0.717, 1.165) is 19.4 Å². The third-order valence-electron chi connectivity index (χ3n) is 3.24. The predicted molar refractivity (Wildman–Crippen MR) is 77.9 cm³/mol. The summed E-state index contributed by atoms with van der Waals surface area (Å²) in [6.45, 7) is 6.63. The van der Waals surface area contributed by atoms with Crippen LogP contribution in [0.4, 0.5) is 0 Å². The minimum atomic E-state index is -0.0457. The minimum Gasteiger partial charge on any atom is -0.354 e. The Hall–Kier alpha value is -1.47. The summed E-state index contributed by atoms with van der Waals surface area (Å²) in [4.78, 5) is 14.0. The van der Waals surface area contributed by atoms with Crippen LogP contribution in [0.15, 0.2) is 6.20 Å². The van der Waals surface area contributed by atoms with E-state index >= 15 is 0 Å². The van der Waals surface area contributed by atoms with E-state index in [4.69, 9.17) is 5.73 Å². The quantitative estimate of drug-likeness (QED) is 0.621. The third kappa shape index (κ3) is 6.12. The number of nitrogens with two attached hydrogens (primary N) is 1. The molecular weight excluding hydrogens is 256 g/mol. The molecule has 0 atom stereocenters. The number of hydrogen-bond acceptors (Lipinski definition) is 5. The average Bonchev–Trinajstić information content (AvgIpc) is 2.85. The van der Waals surface area contributed by atoms with Gasteiger partial charge >= 0.3 is 0 Å². The smallest absolute Gasteiger partial charge is 0.241 e. The molecule has 0 unspecified atom stereocenters. The molecule has 7 heteroatoms. The molecule has 0 saturated carbocycles. The van der Waals surface area contributed by atoms with Crippen molar-refractivity contribution in [3.63, 3.8) is 0 Å². The van der Waals surface area contributed by atoms with Crippen molar-refractivity contribution in [3.8, 4) is 0 Å². The van der Waals surface area contributed by atoms with Gasteiger partial charge in [-0.1, -0.05) is 5.21 Å². The molecule has 0 aliphatic carbocycles. The van der Waals surface area contributed by atoms with Gasteiger partial charge in [0.1, 0.15) is 6.54 Å². The van der Waals surface area contributed by atoms with Crippen molar-refractivity contribution in [2.45, 2.75) is 45.8 Å². The monoisotopic (exact) mass is 282 g/mol. The molecular formula is C13H26N6O. The van der Waals surface area contributed by atoms with E-state index in [1.54, 1.807) is 6.20 Å². The number of aromatic nitrogens is 3. The zero-order chi connectivity index (χ0) is 15.0. The molecule has 0 saturated heterocycles. The molecule has 0 radical (unpaired) electrons. The van der Waals surface area contributed by atoms with E-state index in [0.29, 0.717) is 24.8 Å². The van der Waals surface area contributed by atoms with Crippen LogP contribution in [0.1, 0.15) is 32.4 Å². The third-order valence-corrected chi connectivity index (χ3v) is 3.24. The van der Waals surface area contributed by atoms with E-state index in [-0.39, 0.29) is 12.5 Å². The normalized spacial score (nSPS) is 11.3. The first-order valence-corrected chi connectivity index (χ1v) is 7.09. The van der Waals surface area contributed by atoms with Gasteiger partial charge in [0.05, 0.1) is 11.9 Å². The first-order valence-electron chi connectivity index (χ1n) is 7.09. The number of nitrogens with one attached hydrogen (secondary N) is 1. The predicted octanol–water partition coefficient (Wildman–Crippen LogP) is -0.0266. The van der Waals surface area contributed by atoms with Crippen molar-refractivity contribution in [2.75, 3.05) is 20.1 Å². The Kier molecular flexibility index (Phi) is 7.17. The van der Waals surface area contributed by atoms with Crippen molar-refractivity contribution in [1.82, 2.24) is 25.2 Å². The van der Waals surface area contributed by atoms with Crippen LogP contribution < -0.4 is 11.1 Å². The molecule has 0 bridgehead atoms. The summed E-state index contributed by atoms with van der Waals surface area (Å²) in [6.07, 6.45) is 3.75. The minimum absolute atomic E-state index is 0.0457. The van der Waals surface area contributed by atoms with Gasteiger partial charge in [-0.15, -0.1) is 5.10 Å². The Labute approximate surface area is 120 Å². The van der Waals surface area contributed by atoms with Crippen molar-refractivity contribution >= 4 is 5.91 Å². The molecule has 1 rings (SSSR count). The Morgan fingerprint density at radius 1 is 1.50 bits per heavy atom. The Balaban J connectivity index is 2.11. The van der Waals surface area contributed by atoms with Crippen LogP contribution in [-0.4, -0.2) is 52.0 Å². The summed E-state index contributed by atoms with van der Waals surface area (Å²) in [5.74, 6) is -0.0457. The van der Waals surface area contributed by atoms with Gasteiger partial charge < -0.3 is 16.0 Å². The fourth-order valence-electron chi connectivity index (χ4n) is 1.68. The van der Waals surface area contributed by atoms with Crippen LogP contribution >= 0.6 is 0 Å². The standard InChI is InChI=1S/C13H26N6O/c1-11(2)18(3)7-5-4-6-15-13(20)10-19-9-12(8-14)16-17-19/h9,11H,4-8,10,14H2,1-3H3,(H,15,20). The molecule has 20 heavy (non-hydrogen) atoms. The molecule has 0 aliphatic heterocycles. The Morgan fingerprint density at radius 2 is 2.25 bits per heavy atom. The molecule has 3 N–H and O–H groups in total. The molecule has 1 amide bonds. The van der Waals surface area contributed by atoms with Gasteiger partial charge in [0.15, 0.2) is 0 Å². The maximum Gasteiger partial charge on any atom is 0.241 e. The second-order valence-corrected chi connectivity index (χ2v) is 5.24. The average molecular weight is 282 g/mol. The van der Waals surface area contributed by atoms with Crippen molar-refractivity contribution in [2.24, 2.45) is 5.73 Å². The lowest BCUT2D eigenvalue weighted by molar-refractivity contribution is -0.121. The van der Waals surface area contributed by atoms with Crippen LogP contribution in [0.2, 0.25) is 0 Å². The molecule has 114 valence electrons. The second-order valence-electron chi connectivity index (χ2n) is 5.24. The van der Waals surface area contributed by atoms with Gasteiger partial charge in [-0.05, 0) is 40.3 Å². The van der Waals surface area contributed by atoms with E-state index in [2.05, 4.69) is 41.4 Å². The van der Waals surface area contributed by atoms with Gasteiger partial charge in [0.2, 0.25) is 5.91 Å². The van der Waals surface area contributed by atoms with Gasteiger partial charge in [0, 0.05) is 19.1 Å². The van der Waals surface area contributed by atoms with Gasteiger partial charge in [0.25, 0.3) is 0 Å². The summed E-state index contributed by atoms with van der Waals surface area (Å²) in [5.41, 5.74) is 6.12. The topological polar surface area (TPSA) is 89.1 Å². The maximum atomic E-state index is 11.7. The van der Waals surface area contributed by atoms with Crippen molar-refractivity contribution in [3.05, 3.63) is 11.9 Å². The highest BCUT2D eigenvalue weighted by molar-refractivity contribution is 5.75. The second kappa shape index (κ2) is 8.65. The first-order chi connectivity index (χ1) is 9.52. The van der Waals surface area contributed by atoms with E-state index in [1.165, 1.54) is 4.68 Å². The van der Waals surface area contributed by atoms with Crippen molar-refractivity contribution < 1.29 is 4.79 Å². The summed E-state index contributed by atoms with van der Waals surface area (Å²) >= 11 is 0. The molecule has 0 spiro atoms. The van der Waals surface area contributed by atoms with E-state index in [9.17, 15) is 4.79 Å². The Morgan fingerprint density at radius 3 is 2.85 bits per heavy atom. The first kappa shape index (κ1) is 16.6. The van der Waals surface area contributed by atoms with Crippen LogP contribution in [0.5, 0.6) is 0 Å². The van der Waals surface area contributed by atoms with Gasteiger partial charge in [-0.2, -0.15) is 0 Å². The van der Waals surface area contributed by atoms with Crippen LogP contribution in [0, 0.1) is 0 Å². The molecule has 1 heterocycles. The summed E-state index contributed by atoms with van der Waals surface area (Å²) < 4.78 is 1.50. The fraction of sp³-hybridized carbons (Fsp3) is 0.769. The van der Waals surface area contributed by atoms with Gasteiger partial charge in [-0.25, -0.2) is 4.68 Å². The molecule has 1 aromatic heterocycles. The molecule has 1 aromatic rings. The fourth-order valence-corrected chi connectivity index (χ4v) is 1.68. The zero-order valence-corrected chi connectivity index (χ0v) is 12.7. The molecule has 0 aromatic carbocycles. The summed E-state index contributed by atoms with van der Waals surface area (Å²) in [6, 6.07) is 0.564. The van der Waals surface area contributed by atoms with E-state index < -0.39 is 0 Å². The molecule has 0 aliphatic rings. The van der Waals surface area contributed by atoms with Crippen LogP contribution in [0.3, 0.4) is 0 Å². The highest BCUT2D eigenvalue weighted by atomic mass is 16.2. The molecule has 7 nitrogen and oxygen atoms in total. The van der Waals surface area contributed by atoms with Crippen LogP contribution in [-0.2, 0) is 17.9 Å². The number of nitrogens with zero attached hydrogens (tertiary/aromatic N) is 4. The SMILES string of the molecule is CC(C)N(C)CCCCNC(=O)Cn1cc(CN)nn1. The van der Waals surface area contributed by atoms with Crippen LogP contribution in [0.25, 0.3) is 0 Å². The summed E-state index contributed by atoms with van der Waals surface area (Å²) in [7, 11) is 2.11. The zero-order valence-electron chi connectivity index (χ0n) is 12.7. The number of carbonyl (C=O) groups excluding carboxylic acids is 1. The lowest BCUT2D eigenvalue weighted by Crippen LogP contribution is -2.30. The van der Waals surface area contributed by atoms with E-state index in [1.807, 2.05) is 0 Å².